The number of para-hydroxylation sites is 1. The van der Waals surface area contributed by atoms with Crippen LogP contribution in [0.25, 0.3) is 5.69 Å². The maximum Gasteiger partial charge on any atom is 0.295 e. The molecule has 0 bridgehead atoms. The molecule has 0 saturated heterocycles. The monoisotopic (exact) mass is 463 g/mol. The molecule has 11 nitrogen and oxygen atoms in total. The summed E-state index contributed by atoms with van der Waals surface area (Å²) in [5.74, 6) is 1.93. The zero-order valence-electron chi connectivity index (χ0n) is 19.5. The van der Waals surface area contributed by atoms with Crippen LogP contribution in [0.5, 0.6) is 17.2 Å². The van der Waals surface area contributed by atoms with E-state index in [1.54, 1.807) is 21.5 Å². The van der Waals surface area contributed by atoms with Crippen molar-refractivity contribution in [3.63, 3.8) is 0 Å². The average Bonchev–Trinajstić information content (AvgIpc) is 3.07. The van der Waals surface area contributed by atoms with Gasteiger partial charge in [-0.15, -0.1) is 0 Å². The molecule has 4 rings (SSSR count). The van der Waals surface area contributed by atoms with Crippen molar-refractivity contribution >= 4 is 23.3 Å². The average molecular weight is 463 g/mol. The minimum Gasteiger partial charge on any atom is -0.493 e. The van der Waals surface area contributed by atoms with Gasteiger partial charge in [0.15, 0.2) is 11.5 Å². The summed E-state index contributed by atoms with van der Waals surface area (Å²) in [5.41, 5.74) is 2.26. The van der Waals surface area contributed by atoms with E-state index in [2.05, 4.69) is 25.6 Å². The maximum atomic E-state index is 13.1. The van der Waals surface area contributed by atoms with Crippen LogP contribution in [0, 0.1) is 6.92 Å². The highest BCUT2D eigenvalue weighted by Crippen LogP contribution is 2.40. The molecule has 0 radical (unpaired) electrons. The van der Waals surface area contributed by atoms with Gasteiger partial charge in [0.2, 0.25) is 17.6 Å². The van der Waals surface area contributed by atoms with Crippen molar-refractivity contribution in [2.75, 3.05) is 32.0 Å². The van der Waals surface area contributed by atoms with Crippen molar-refractivity contribution in [2.24, 2.45) is 7.05 Å². The summed E-state index contributed by atoms with van der Waals surface area (Å²) in [6, 6.07) is 12.9. The van der Waals surface area contributed by atoms with Crippen LogP contribution in [0.1, 0.15) is 5.69 Å². The van der Waals surface area contributed by atoms with Gasteiger partial charge in [0.05, 0.1) is 32.7 Å². The van der Waals surface area contributed by atoms with Crippen LogP contribution in [0.4, 0.5) is 23.3 Å². The van der Waals surface area contributed by atoms with Crippen molar-refractivity contribution in [3.8, 4) is 22.9 Å². The molecule has 0 unspecified atom stereocenters. The molecule has 0 aliphatic carbocycles. The molecule has 0 saturated carbocycles. The maximum absolute atomic E-state index is 13.1. The molecular weight excluding hydrogens is 438 g/mol. The van der Waals surface area contributed by atoms with Crippen LogP contribution in [0.3, 0.4) is 0 Å². The molecule has 4 aromatic rings. The second-order valence-corrected chi connectivity index (χ2v) is 7.23. The van der Waals surface area contributed by atoms with Gasteiger partial charge < -0.3 is 24.8 Å². The Labute approximate surface area is 196 Å². The number of hydrogen-bond donors (Lipinski definition) is 2. The highest BCUT2D eigenvalue weighted by atomic mass is 16.5. The molecule has 2 N–H and O–H groups in total. The molecule has 0 amide bonds. The first kappa shape index (κ1) is 22.6. The Morgan fingerprint density at radius 2 is 1.50 bits per heavy atom. The highest BCUT2D eigenvalue weighted by Gasteiger charge is 2.18. The number of benzene rings is 2. The van der Waals surface area contributed by atoms with Gasteiger partial charge in [0.1, 0.15) is 12.0 Å². The van der Waals surface area contributed by atoms with Gasteiger partial charge >= 0.3 is 0 Å². The zero-order chi connectivity index (χ0) is 24.2. The lowest BCUT2D eigenvalue weighted by atomic mass is 10.2. The topological polar surface area (TPSA) is 117 Å². The molecule has 0 spiro atoms. The summed E-state index contributed by atoms with van der Waals surface area (Å²) >= 11 is 0. The lowest BCUT2D eigenvalue weighted by molar-refractivity contribution is 0.324. The first-order valence-electron chi connectivity index (χ1n) is 10.3. The Bertz CT molecular complexity index is 1340. The largest absolute Gasteiger partial charge is 0.493 e. The van der Waals surface area contributed by atoms with Gasteiger partial charge in [-0.25, -0.2) is 14.6 Å². The molecule has 0 aliphatic rings. The van der Waals surface area contributed by atoms with E-state index in [1.165, 1.54) is 27.7 Å². The third-order valence-electron chi connectivity index (χ3n) is 5.28. The lowest BCUT2D eigenvalue weighted by Crippen LogP contribution is -2.20. The van der Waals surface area contributed by atoms with Crippen molar-refractivity contribution < 1.29 is 14.2 Å². The molecule has 2 aromatic carbocycles. The van der Waals surface area contributed by atoms with Gasteiger partial charge in [-0.05, 0) is 19.1 Å². The Kier molecular flexibility index (Phi) is 6.35. The van der Waals surface area contributed by atoms with Gasteiger partial charge in [-0.1, -0.05) is 18.2 Å². The number of nitrogens with one attached hydrogen (secondary N) is 2. The SMILES string of the molecule is COc1cc(Nc2ncnc(Nc3c(C)n(C)n(-c4ccccc4)c3=O)n2)cc(OC)c1OC. The predicted molar refractivity (Wildman–Crippen MR) is 128 cm³/mol. The van der Waals surface area contributed by atoms with E-state index in [1.807, 2.05) is 44.3 Å². The van der Waals surface area contributed by atoms with Crippen LogP contribution in [0.2, 0.25) is 0 Å². The first-order chi connectivity index (χ1) is 16.5. The van der Waals surface area contributed by atoms with E-state index in [0.29, 0.717) is 28.6 Å². The minimum absolute atomic E-state index is 0.217. The summed E-state index contributed by atoms with van der Waals surface area (Å²) in [7, 11) is 6.43. The predicted octanol–water partition coefficient (Wildman–Crippen LogP) is 3.18. The highest BCUT2D eigenvalue weighted by molar-refractivity contribution is 5.66. The van der Waals surface area contributed by atoms with Gasteiger partial charge in [-0.2, -0.15) is 4.98 Å². The normalized spacial score (nSPS) is 10.6. The lowest BCUT2D eigenvalue weighted by Gasteiger charge is -2.14. The quantitative estimate of drug-likeness (QED) is 0.406. The molecule has 11 heteroatoms. The van der Waals surface area contributed by atoms with E-state index in [0.717, 1.165) is 11.4 Å². The molecule has 176 valence electrons. The summed E-state index contributed by atoms with van der Waals surface area (Å²) in [6.45, 7) is 1.85. The van der Waals surface area contributed by atoms with Crippen molar-refractivity contribution in [1.29, 1.82) is 0 Å². The first-order valence-corrected chi connectivity index (χ1v) is 10.3. The molecule has 0 atom stereocenters. The van der Waals surface area contributed by atoms with Crippen LogP contribution in [0.15, 0.2) is 53.6 Å². The van der Waals surface area contributed by atoms with Gasteiger partial charge in [-0.3, -0.25) is 9.48 Å². The van der Waals surface area contributed by atoms with Crippen molar-refractivity contribution in [1.82, 2.24) is 24.3 Å². The van der Waals surface area contributed by atoms with E-state index in [9.17, 15) is 4.79 Å². The van der Waals surface area contributed by atoms with E-state index in [4.69, 9.17) is 14.2 Å². The third-order valence-corrected chi connectivity index (χ3v) is 5.28. The number of nitrogens with zero attached hydrogens (tertiary/aromatic N) is 5. The standard InChI is InChI=1S/C23H25N7O4/c1-14-19(21(31)30(29(14)2)16-9-7-6-8-10-16)27-23-25-13-24-22(28-23)26-15-11-17(32-3)20(34-5)18(12-15)33-4/h6-13H,1-5H3,(H2,24,25,26,27,28). The second kappa shape index (κ2) is 9.53. The van der Waals surface area contributed by atoms with Crippen LogP contribution >= 0.6 is 0 Å². The van der Waals surface area contributed by atoms with Crippen molar-refractivity contribution in [3.05, 3.63) is 64.8 Å². The number of methoxy groups -OCH3 is 3. The number of hydrogen-bond acceptors (Lipinski definition) is 9. The van der Waals surface area contributed by atoms with Crippen molar-refractivity contribution in [2.45, 2.75) is 6.92 Å². The van der Waals surface area contributed by atoms with E-state index >= 15 is 0 Å². The number of aromatic nitrogens is 5. The Morgan fingerprint density at radius 3 is 2.09 bits per heavy atom. The third kappa shape index (κ3) is 4.22. The summed E-state index contributed by atoms with van der Waals surface area (Å²) in [4.78, 5) is 25.9. The Hall–Kier alpha value is -4.54. The minimum atomic E-state index is -0.217. The fraction of sp³-hybridized carbons (Fsp3) is 0.217. The number of anilines is 4. The fourth-order valence-electron chi connectivity index (χ4n) is 3.52. The van der Waals surface area contributed by atoms with E-state index < -0.39 is 0 Å². The van der Waals surface area contributed by atoms with Crippen LogP contribution in [-0.2, 0) is 7.05 Å². The zero-order valence-corrected chi connectivity index (χ0v) is 19.5. The molecule has 0 fully saturated rings. The van der Waals surface area contributed by atoms with Crippen LogP contribution in [-0.4, -0.2) is 45.6 Å². The molecular formula is C23H25N7O4. The Balaban J connectivity index is 1.63. The summed E-state index contributed by atoms with van der Waals surface area (Å²) < 4.78 is 19.5. The molecule has 34 heavy (non-hydrogen) atoms. The van der Waals surface area contributed by atoms with Crippen LogP contribution < -0.4 is 30.4 Å². The fourth-order valence-corrected chi connectivity index (χ4v) is 3.52. The summed E-state index contributed by atoms with van der Waals surface area (Å²) in [5, 5.41) is 6.13. The second-order valence-electron chi connectivity index (χ2n) is 7.23. The van der Waals surface area contributed by atoms with Gasteiger partial charge in [0, 0.05) is 24.9 Å². The summed E-state index contributed by atoms with van der Waals surface area (Å²) in [6.07, 6.45) is 1.35. The Morgan fingerprint density at radius 1 is 0.882 bits per heavy atom. The molecule has 0 aliphatic heterocycles. The molecule has 2 aromatic heterocycles. The molecule has 2 heterocycles. The number of rotatable bonds is 8. The van der Waals surface area contributed by atoms with E-state index in [-0.39, 0.29) is 17.5 Å². The number of ether oxygens (including phenoxy) is 3. The van der Waals surface area contributed by atoms with Gasteiger partial charge in [0.25, 0.3) is 5.56 Å². The smallest absolute Gasteiger partial charge is 0.295 e.